The number of hydrogen-bond acceptors (Lipinski definition) is 6. The summed E-state index contributed by atoms with van der Waals surface area (Å²) in [5.74, 6) is 0. The Morgan fingerprint density at radius 2 is 1.65 bits per heavy atom. The number of nitrogens with zero attached hydrogens (tertiary/aromatic N) is 2. The second kappa shape index (κ2) is 8.74. The monoisotopic (exact) mass is 330 g/mol. The molecule has 0 aromatic rings. The van der Waals surface area contributed by atoms with Crippen LogP contribution >= 0.6 is 0 Å². The van der Waals surface area contributed by atoms with Crippen LogP contribution in [0.3, 0.4) is 0 Å². The molecular formula is C17H34N2O4. The third-order valence-electron chi connectivity index (χ3n) is 5.38. The van der Waals surface area contributed by atoms with E-state index in [9.17, 15) is 0 Å². The van der Waals surface area contributed by atoms with Gasteiger partial charge in [0.25, 0.3) is 0 Å². The maximum absolute atomic E-state index is 6.30. The predicted octanol–water partition coefficient (Wildman–Crippen LogP) is 0.845. The van der Waals surface area contributed by atoms with Crippen LogP contribution < -0.4 is 0 Å². The van der Waals surface area contributed by atoms with Crippen LogP contribution in [0.4, 0.5) is 0 Å². The molecule has 0 N–H and O–H groups in total. The molecule has 0 aromatic heterocycles. The first-order valence-corrected chi connectivity index (χ1v) is 8.60. The minimum Gasteiger partial charge on any atom is -0.383 e. The van der Waals surface area contributed by atoms with Gasteiger partial charge in [0.2, 0.25) is 0 Å². The molecule has 0 aliphatic carbocycles. The molecule has 2 heterocycles. The van der Waals surface area contributed by atoms with Crippen LogP contribution in [0.1, 0.15) is 19.8 Å². The minimum atomic E-state index is 0.155. The Labute approximate surface area is 141 Å². The Morgan fingerprint density at radius 3 is 2.26 bits per heavy atom. The quantitative estimate of drug-likeness (QED) is 0.657. The fraction of sp³-hybridized carbons (Fsp3) is 1.00. The molecular weight excluding hydrogens is 296 g/mol. The van der Waals surface area contributed by atoms with Crippen LogP contribution in [-0.2, 0) is 18.9 Å². The molecule has 0 bridgehead atoms. The van der Waals surface area contributed by atoms with Gasteiger partial charge in [0.05, 0.1) is 31.0 Å². The Bertz CT molecular complexity index is 357. The second-order valence-electron chi connectivity index (χ2n) is 7.07. The van der Waals surface area contributed by atoms with E-state index in [0.29, 0.717) is 12.1 Å². The molecule has 2 saturated heterocycles. The Hall–Kier alpha value is -0.240. The Kier molecular flexibility index (Phi) is 7.25. The lowest BCUT2D eigenvalue weighted by atomic mass is 10.0. The van der Waals surface area contributed by atoms with Crippen molar-refractivity contribution in [3.05, 3.63) is 0 Å². The molecule has 6 atom stereocenters. The van der Waals surface area contributed by atoms with E-state index in [0.717, 1.165) is 32.5 Å². The van der Waals surface area contributed by atoms with E-state index < -0.39 is 0 Å². The molecule has 2 aliphatic rings. The summed E-state index contributed by atoms with van der Waals surface area (Å²) in [5, 5.41) is 0. The highest BCUT2D eigenvalue weighted by molar-refractivity contribution is 4.94. The lowest BCUT2D eigenvalue weighted by Crippen LogP contribution is -2.41. The van der Waals surface area contributed by atoms with E-state index in [4.69, 9.17) is 18.9 Å². The fourth-order valence-corrected chi connectivity index (χ4v) is 4.05. The smallest absolute Gasteiger partial charge is 0.0979 e. The van der Waals surface area contributed by atoms with E-state index in [1.807, 2.05) is 0 Å². The molecule has 2 fully saturated rings. The molecule has 0 saturated carbocycles. The maximum atomic E-state index is 6.30. The average Bonchev–Trinajstić information content (AvgIpc) is 3.01. The van der Waals surface area contributed by atoms with Crippen LogP contribution in [0.25, 0.3) is 0 Å². The summed E-state index contributed by atoms with van der Waals surface area (Å²) in [4.78, 5) is 4.66. The van der Waals surface area contributed by atoms with Crippen LogP contribution in [-0.4, -0.2) is 101 Å². The van der Waals surface area contributed by atoms with E-state index in [1.165, 1.54) is 0 Å². The van der Waals surface area contributed by atoms with E-state index in [1.54, 1.807) is 21.3 Å². The highest BCUT2D eigenvalue weighted by atomic mass is 16.5. The zero-order valence-corrected chi connectivity index (χ0v) is 15.5. The molecule has 0 amide bonds. The highest BCUT2D eigenvalue weighted by Gasteiger charge is 2.40. The third kappa shape index (κ3) is 4.65. The van der Waals surface area contributed by atoms with Crippen LogP contribution in [0.5, 0.6) is 0 Å². The van der Waals surface area contributed by atoms with Gasteiger partial charge in [-0.1, -0.05) is 0 Å². The molecule has 2 aliphatic heterocycles. The molecule has 0 spiro atoms. The Balaban J connectivity index is 1.89. The van der Waals surface area contributed by atoms with Gasteiger partial charge >= 0.3 is 0 Å². The van der Waals surface area contributed by atoms with E-state index in [-0.39, 0.29) is 24.4 Å². The van der Waals surface area contributed by atoms with Crippen LogP contribution in [0.15, 0.2) is 0 Å². The summed E-state index contributed by atoms with van der Waals surface area (Å²) in [6, 6.07) is 0.793. The summed E-state index contributed by atoms with van der Waals surface area (Å²) < 4.78 is 22.9. The van der Waals surface area contributed by atoms with Gasteiger partial charge < -0.3 is 23.8 Å². The molecule has 2 rings (SSSR count). The number of methoxy groups -OCH3 is 3. The van der Waals surface area contributed by atoms with Crippen molar-refractivity contribution in [3.8, 4) is 0 Å². The normalized spacial score (nSPS) is 37.6. The van der Waals surface area contributed by atoms with Crippen molar-refractivity contribution in [2.24, 2.45) is 0 Å². The summed E-state index contributed by atoms with van der Waals surface area (Å²) in [5.41, 5.74) is 0. The zero-order chi connectivity index (χ0) is 17.0. The van der Waals surface area contributed by atoms with Crippen LogP contribution in [0.2, 0.25) is 0 Å². The first-order chi connectivity index (χ1) is 11.0. The number of hydrogen-bond donors (Lipinski definition) is 0. The molecule has 6 heteroatoms. The molecule has 136 valence electrons. The molecule has 23 heavy (non-hydrogen) atoms. The van der Waals surface area contributed by atoms with Gasteiger partial charge in [0, 0.05) is 46.5 Å². The first kappa shape index (κ1) is 19.1. The van der Waals surface area contributed by atoms with Crippen molar-refractivity contribution in [3.63, 3.8) is 0 Å². The van der Waals surface area contributed by atoms with E-state index >= 15 is 0 Å². The SMILES string of the molecule is COCC1CC(OC)C(CC(C)OC2CN(C)CC2OC)N1C. The second-order valence-corrected chi connectivity index (χ2v) is 7.07. The lowest BCUT2D eigenvalue weighted by Gasteiger charge is -2.30. The first-order valence-electron chi connectivity index (χ1n) is 8.60. The summed E-state index contributed by atoms with van der Waals surface area (Å²) in [6.45, 7) is 4.79. The molecule has 6 unspecified atom stereocenters. The van der Waals surface area contributed by atoms with Crippen molar-refractivity contribution in [2.45, 2.75) is 56.3 Å². The van der Waals surface area contributed by atoms with Crippen molar-refractivity contribution in [2.75, 3.05) is 55.1 Å². The van der Waals surface area contributed by atoms with Crippen molar-refractivity contribution in [1.29, 1.82) is 0 Å². The van der Waals surface area contributed by atoms with Gasteiger partial charge in [-0.25, -0.2) is 0 Å². The van der Waals surface area contributed by atoms with Gasteiger partial charge in [-0.15, -0.1) is 0 Å². The molecule has 6 nitrogen and oxygen atoms in total. The van der Waals surface area contributed by atoms with Gasteiger partial charge in [-0.3, -0.25) is 4.90 Å². The van der Waals surface area contributed by atoms with E-state index in [2.05, 4.69) is 30.8 Å². The topological polar surface area (TPSA) is 43.4 Å². The standard InChI is InChI=1S/C17H34N2O4/c1-12(23-17-10-18(2)9-16(17)22-6)7-14-15(21-5)8-13(11-20-4)19(14)3/h12-17H,7-11H2,1-6H3. The minimum absolute atomic E-state index is 0.155. The molecule has 0 radical (unpaired) electrons. The summed E-state index contributed by atoms with van der Waals surface area (Å²) in [7, 11) is 9.61. The van der Waals surface area contributed by atoms with Crippen molar-refractivity contribution >= 4 is 0 Å². The summed E-state index contributed by atoms with van der Waals surface area (Å²) >= 11 is 0. The fourth-order valence-electron chi connectivity index (χ4n) is 4.05. The predicted molar refractivity (Wildman–Crippen MR) is 89.9 cm³/mol. The van der Waals surface area contributed by atoms with Gasteiger partial charge in [0.1, 0.15) is 0 Å². The number of likely N-dealkylation sites (tertiary alicyclic amines) is 2. The highest BCUT2D eigenvalue weighted by Crippen LogP contribution is 2.29. The molecule has 0 aromatic carbocycles. The average molecular weight is 330 g/mol. The largest absolute Gasteiger partial charge is 0.383 e. The number of likely N-dealkylation sites (N-methyl/N-ethyl adjacent to an activating group) is 2. The van der Waals surface area contributed by atoms with Crippen molar-refractivity contribution < 1.29 is 18.9 Å². The Morgan fingerprint density at radius 1 is 1.00 bits per heavy atom. The zero-order valence-electron chi connectivity index (χ0n) is 15.5. The number of rotatable bonds is 8. The van der Waals surface area contributed by atoms with Gasteiger partial charge in [-0.2, -0.15) is 0 Å². The lowest BCUT2D eigenvalue weighted by molar-refractivity contribution is -0.0730. The van der Waals surface area contributed by atoms with Crippen molar-refractivity contribution in [1.82, 2.24) is 9.80 Å². The maximum Gasteiger partial charge on any atom is 0.0979 e. The van der Waals surface area contributed by atoms with Gasteiger partial charge in [-0.05, 0) is 33.9 Å². The van der Waals surface area contributed by atoms with Crippen LogP contribution in [0, 0.1) is 0 Å². The van der Waals surface area contributed by atoms with Gasteiger partial charge in [0.15, 0.2) is 0 Å². The third-order valence-corrected chi connectivity index (χ3v) is 5.38. The summed E-state index contributed by atoms with van der Waals surface area (Å²) in [6.07, 6.45) is 2.73. The number of ether oxygens (including phenoxy) is 4.